The largest absolute Gasteiger partial charge is 0.478 e. The number of hydrogen-bond acceptors (Lipinski definition) is 3. The van der Waals surface area contributed by atoms with Crippen molar-refractivity contribution in [2.75, 3.05) is 6.79 Å². The summed E-state index contributed by atoms with van der Waals surface area (Å²) in [7, 11) is 0. The second-order valence-electron chi connectivity index (χ2n) is 2.95. The lowest BCUT2D eigenvalue weighted by molar-refractivity contribution is -0.134. The van der Waals surface area contributed by atoms with E-state index in [4.69, 9.17) is 14.6 Å². The van der Waals surface area contributed by atoms with Crippen LogP contribution in [0, 0.1) is 0 Å². The number of carboxylic acids is 1. The van der Waals surface area contributed by atoms with E-state index in [2.05, 4.69) is 0 Å². The molecular formula is C8H10O4. The molecule has 1 saturated heterocycles. The van der Waals surface area contributed by atoms with Crippen LogP contribution in [0.4, 0.5) is 0 Å². The Balaban J connectivity index is 2.21. The molecule has 2 rings (SSSR count). The maximum Gasteiger partial charge on any atom is 0.334 e. The third kappa shape index (κ3) is 1.13. The maximum absolute atomic E-state index is 10.7. The maximum atomic E-state index is 10.7. The molecule has 1 aliphatic heterocycles. The Morgan fingerprint density at radius 1 is 1.58 bits per heavy atom. The van der Waals surface area contributed by atoms with E-state index in [9.17, 15) is 4.79 Å². The molecule has 1 aliphatic carbocycles. The number of hydrogen-bond donors (Lipinski definition) is 1. The molecular weight excluding hydrogens is 160 g/mol. The molecule has 1 heterocycles. The van der Waals surface area contributed by atoms with Crippen LogP contribution in [0.15, 0.2) is 11.6 Å². The van der Waals surface area contributed by atoms with Gasteiger partial charge in [-0.25, -0.2) is 4.79 Å². The topological polar surface area (TPSA) is 55.8 Å². The summed E-state index contributed by atoms with van der Waals surface area (Å²) in [6.45, 7) is 0.222. The highest BCUT2D eigenvalue weighted by Gasteiger charge is 2.37. The molecule has 0 aromatic heterocycles. The summed E-state index contributed by atoms with van der Waals surface area (Å²) in [5, 5.41) is 8.78. The van der Waals surface area contributed by atoms with E-state index in [0.717, 1.165) is 12.8 Å². The van der Waals surface area contributed by atoms with Crippen molar-refractivity contribution in [1.82, 2.24) is 0 Å². The molecule has 4 nitrogen and oxygen atoms in total. The zero-order valence-electron chi connectivity index (χ0n) is 6.53. The van der Waals surface area contributed by atoms with Crippen LogP contribution in [-0.2, 0) is 14.3 Å². The van der Waals surface area contributed by atoms with Crippen LogP contribution in [0.2, 0.25) is 0 Å². The van der Waals surface area contributed by atoms with Crippen LogP contribution in [0.25, 0.3) is 0 Å². The molecule has 4 heteroatoms. The first-order chi connectivity index (χ1) is 5.79. The molecule has 0 aromatic rings. The molecule has 0 radical (unpaired) electrons. The van der Waals surface area contributed by atoms with Gasteiger partial charge in [-0.15, -0.1) is 0 Å². The Morgan fingerprint density at radius 3 is 3.17 bits per heavy atom. The fourth-order valence-electron chi connectivity index (χ4n) is 1.65. The van der Waals surface area contributed by atoms with Crippen LogP contribution in [-0.4, -0.2) is 30.1 Å². The Bertz CT molecular complexity index is 233. The standard InChI is InChI=1S/C8H10O4/c9-8(10)5-2-1-3-6-7(5)12-4-11-6/h2,6-7H,1,3-4H2,(H,9,10). The van der Waals surface area contributed by atoms with Gasteiger partial charge in [0.15, 0.2) is 0 Å². The highest BCUT2D eigenvalue weighted by molar-refractivity contribution is 5.88. The molecule has 2 unspecified atom stereocenters. The van der Waals surface area contributed by atoms with Crippen LogP contribution in [0.3, 0.4) is 0 Å². The van der Waals surface area contributed by atoms with E-state index in [-0.39, 0.29) is 19.0 Å². The van der Waals surface area contributed by atoms with Crippen LogP contribution in [0.1, 0.15) is 12.8 Å². The van der Waals surface area contributed by atoms with E-state index in [1.807, 2.05) is 0 Å². The van der Waals surface area contributed by atoms with Gasteiger partial charge >= 0.3 is 5.97 Å². The molecule has 1 N–H and O–H groups in total. The van der Waals surface area contributed by atoms with Crippen molar-refractivity contribution in [3.05, 3.63) is 11.6 Å². The fourth-order valence-corrected chi connectivity index (χ4v) is 1.65. The number of carbonyl (C=O) groups is 1. The quantitative estimate of drug-likeness (QED) is 0.623. The van der Waals surface area contributed by atoms with Gasteiger partial charge in [0, 0.05) is 0 Å². The van der Waals surface area contributed by atoms with Crippen molar-refractivity contribution >= 4 is 5.97 Å². The summed E-state index contributed by atoms with van der Waals surface area (Å²) >= 11 is 0. The number of aliphatic carboxylic acids is 1. The first-order valence-electron chi connectivity index (χ1n) is 3.95. The van der Waals surface area contributed by atoms with Gasteiger partial charge in [-0.3, -0.25) is 0 Å². The normalized spacial score (nSPS) is 34.2. The zero-order valence-corrected chi connectivity index (χ0v) is 6.53. The van der Waals surface area contributed by atoms with E-state index in [1.165, 1.54) is 0 Å². The summed E-state index contributed by atoms with van der Waals surface area (Å²) in [6, 6.07) is 0. The summed E-state index contributed by atoms with van der Waals surface area (Å²) in [5.74, 6) is -0.893. The minimum atomic E-state index is -0.893. The SMILES string of the molecule is O=C(O)C1=CCCC2OCOC12. The molecule has 0 aromatic carbocycles. The van der Waals surface area contributed by atoms with E-state index >= 15 is 0 Å². The fraction of sp³-hybridized carbons (Fsp3) is 0.625. The second-order valence-corrected chi connectivity index (χ2v) is 2.95. The van der Waals surface area contributed by atoms with Crippen molar-refractivity contribution in [1.29, 1.82) is 0 Å². The van der Waals surface area contributed by atoms with E-state index in [0.29, 0.717) is 5.57 Å². The van der Waals surface area contributed by atoms with E-state index < -0.39 is 5.97 Å². The van der Waals surface area contributed by atoms with Crippen molar-refractivity contribution in [2.24, 2.45) is 0 Å². The lowest BCUT2D eigenvalue weighted by Gasteiger charge is -2.21. The van der Waals surface area contributed by atoms with Gasteiger partial charge in [0.2, 0.25) is 0 Å². The molecule has 12 heavy (non-hydrogen) atoms. The second kappa shape index (κ2) is 2.88. The predicted molar refractivity (Wildman–Crippen MR) is 39.6 cm³/mol. The summed E-state index contributed by atoms with van der Waals surface area (Å²) in [4.78, 5) is 10.7. The summed E-state index contributed by atoms with van der Waals surface area (Å²) < 4.78 is 10.4. The Morgan fingerprint density at radius 2 is 2.42 bits per heavy atom. The molecule has 2 aliphatic rings. The zero-order chi connectivity index (χ0) is 8.55. The molecule has 66 valence electrons. The minimum absolute atomic E-state index is 0.0406. The number of fused-ring (bicyclic) bond motifs is 1. The van der Waals surface area contributed by atoms with Gasteiger partial charge in [0.25, 0.3) is 0 Å². The Labute approximate surface area is 69.8 Å². The first-order valence-corrected chi connectivity index (χ1v) is 3.95. The summed E-state index contributed by atoms with van der Waals surface area (Å²) in [5.41, 5.74) is 0.351. The monoisotopic (exact) mass is 170 g/mol. The van der Waals surface area contributed by atoms with Gasteiger partial charge in [-0.05, 0) is 12.8 Å². The van der Waals surface area contributed by atoms with Crippen LogP contribution >= 0.6 is 0 Å². The minimum Gasteiger partial charge on any atom is -0.478 e. The Hall–Kier alpha value is -0.870. The average Bonchev–Trinajstić information content (AvgIpc) is 2.49. The van der Waals surface area contributed by atoms with Crippen LogP contribution in [0.5, 0.6) is 0 Å². The van der Waals surface area contributed by atoms with Crippen molar-refractivity contribution in [3.8, 4) is 0 Å². The van der Waals surface area contributed by atoms with Crippen molar-refractivity contribution < 1.29 is 19.4 Å². The average molecular weight is 170 g/mol. The first kappa shape index (κ1) is 7.76. The molecule has 0 spiro atoms. The van der Waals surface area contributed by atoms with Gasteiger partial charge in [-0.1, -0.05) is 6.08 Å². The molecule has 0 amide bonds. The van der Waals surface area contributed by atoms with Gasteiger partial charge in [-0.2, -0.15) is 0 Å². The predicted octanol–water partition coefficient (Wildman–Crippen LogP) is 0.533. The number of ether oxygens (including phenoxy) is 2. The highest BCUT2D eigenvalue weighted by Crippen LogP contribution is 2.28. The lowest BCUT2D eigenvalue weighted by Crippen LogP contribution is -2.31. The molecule has 0 bridgehead atoms. The molecule has 2 atom stereocenters. The molecule has 0 saturated carbocycles. The van der Waals surface area contributed by atoms with Crippen LogP contribution < -0.4 is 0 Å². The van der Waals surface area contributed by atoms with Gasteiger partial charge in [0.05, 0.1) is 11.7 Å². The number of allylic oxidation sites excluding steroid dienone is 1. The van der Waals surface area contributed by atoms with Crippen molar-refractivity contribution in [3.63, 3.8) is 0 Å². The van der Waals surface area contributed by atoms with Crippen molar-refractivity contribution in [2.45, 2.75) is 25.0 Å². The van der Waals surface area contributed by atoms with Gasteiger partial charge < -0.3 is 14.6 Å². The number of carboxylic acid groups (broad SMARTS) is 1. The molecule has 1 fully saturated rings. The van der Waals surface area contributed by atoms with E-state index in [1.54, 1.807) is 6.08 Å². The third-order valence-corrected chi connectivity index (χ3v) is 2.24. The Kier molecular flexibility index (Phi) is 1.86. The highest BCUT2D eigenvalue weighted by atomic mass is 16.7. The third-order valence-electron chi connectivity index (χ3n) is 2.24. The number of rotatable bonds is 1. The smallest absolute Gasteiger partial charge is 0.334 e. The van der Waals surface area contributed by atoms with Gasteiger partial charge in [0.1, 0.15) is 12.9 Å². The lowest BCUT2D eigenvalue weighted by atomic mass is 9.94. The summed E-state index contributed by atoms with van der Waals surface area (Å²) in [6.07, 6.45) is 2.98.